The van der Waals surface area contributed by atoms with Gasteiger partial charge in [0.1, 0.15) is 22.4 Å². The topological polar surface area (TPSA) is 119 Å². The van der Waals surface area contributed by atoms with Gasteiger partial charge in [-0.3, -0.25) is 14.4 Å². The fourth-order valence-electron chi connectivity index (χ4n) is 5.53. The Bertz CT molecular complexity index is 2290. The van der Waals surface area contributed by atoms with E-state index < -0.39 is 17.1 Å². The Labute approximate surface area is 322 Å². The highest BCUT2D eigenvalue weighted by atomic mass is 32.2. The van der Waals surface area contributed by atoms with E-state index in [9.17, 15) is 14.4 Å². The van der Waals surface area contributed by atoms with Gasteiger partial charge in [0.25, 0.3) is 11.8 Å². The lowest BCUT2D eigenvalue weighted by molar-refractivity contribution is -0.116. The molecular weight excluding hydrogens is 717 g/mol. The smallest absolute Gasteiger partial charge is 0.272 e. The maximum Gasteiger partial charge on any atom is 0.272 e. The Hall–Kier alpha value is -6.17. The first-order valence-corrected chi connectivity index (χ1v) is 18.7. The normalized spacial score (nSPS) is 11.7. The number of aromatic nitrogens is 1. The van der Waals surface area contributed by atoms with Crippen molar-refractivity contribution in [2.75, 3.05) is 24.9 Å². The third-order valence-electron chi connectivity index (χ3n) is 8.30. The third kappa shape index (κ3) is 9.43. The van der Waals surface area contributed by atoms with Gasteiger partial charge in [-0.15, -0.1) is 23.1 Å². The fourth-order valence-corrected chi connectivity index (χ4v) is 7.45. The van der Waals surface area contributed by atoms with Crippen LogP contribution in [-0.4, -0.2) is 36.9 Å². The van der Waals surface area contributed by atoms with E-state index in [4.69, 9.17) is 14.5 Å². The average Bonchev–Trinajstić information content (AvgIpc) is 3.56. The van der Waals surface area contributed by atoms with E-state index in [1.165, 1.54) is 36.3 Å². The number of rotatable bonds is 13. The van der Waals surface area contributed by atoms with Crippen LogP contribution in [0.15, 0.2) is 138 Å². The number of anilines is 2. The van der Waals surface area contributed by atoms with E-state index in [0.29, 0.717) is 33.4 Å². The molecule has 3 N–H and O–H groups in total. The second kappa shape index (κ2) is 17.6. The second-order valence-corrected chi connectivity index (χ2v) is 14.5. The summed E-state index contributed by atoms with van der Waals surface area (Å²) in [6.45, 7) is 4.03. The molecule has 3 amide bonds. The van der Waals surface area contributed by atoms with E-state index in [0.717, 1.165) is 32.2 Å². The molecule has 1 unspecified atom stereocenters. The number of carbonyl (C=O) groups excluding carboxylic acids is 3. The molecule has 0 fully saturated rings. The number of thioether (sulfide) groups is 1. The van der Waals surface area contributed by atoms with Crippen LogP contribution in [0.4, 0.5) is 10.8 Å². The Kier molecular flexibility index (Phi) is 12.2. The minimum absolute atomic E-state index is 0.0150. The van der Waals surface area contributed by atoms with Gasteiger partial charge in [-0.05, 0) is 74.0 Å². The van der Waals surface area contributed by atoms with Gasteiger partial charge in [0.05, 0.1) is 19.9 Å². The molecular formula is C43H38N4O5S2. The first-order valence-electron chi connectivity index (χ1n) is 17.0. The molecule has 272 valence electrons. The summed E-state index contributed by atoms with van der Waals surface area (Å²) < 4.78 is 10.9. The first kappa shape index (κ1) is 37.6. The highest BCUT2D eigenvalue weighted by Crippen LogP contribution is 2.38. The van der Waals surface area contributed by atoms with Crippen LogP contribution in [0.3, 0.4) is 0 Å². The van der Waals surface area contributed by atoms with Gasteiger partial charge in [0.15, 0.2) is 5.13 Å². The molecule has 0 aliphatic heterocycles. The van der Waals surface area contributed by atoms with Crippen LogP contribution in [0.2, 0.25) is 0 Å². The van der Waals surface area contributed by atoms with Crippen molar-refractivity contribution in [1.82, 2.24) is 10.3 Å². The fraction of sp³-hybridized carbons (Fsp3) is 0.116. The summed E-state index contributed by atoms with van der Waals surface area (Å²) in [6.07, 6.45) is 1.54. The number of methoxy groups -OCH3 is 2. The van der Waals surface area contributed by atoms with Crippen molar-refractivity contribution in [3.63, 3.8) is 0 Å². The van der Waals surface area contributed by atoms with Crippen molar-refractivity contribution in [2.45, 2.75) is 24.0 Å². The molecule has 6 aromatic rings. The monoisotopic (exact) mass is 754 g/mol. The maximum atomic E-state index is 14.0. The Morgan fingerprint density at radius 1 is 0.778 bits per heavy atom. The van der Waals surface area contributed by atoms with Crippen molar-refractivity contribution < 1.29 is 23.9 Å². The minimum atomic E-state index is -0.634. The zero-order chi connectivity index (χ0) is 38.0. The van der Waals surface area contributed by atoms with Crippen molar-refractivity contribution in [1.29, 1.82) is 0 Å². The van der Waals surface area contributed by atoms with Gasteiger partial charge in [-0.1, -0.05) is 84.4 Å². The van der Waals surface area contributed by atoms with Gasteiger partial charge >= 0.3 is 0 Å². The standard InChI is InChI=1S/C43H38N4O5S2/c1-27-18-20-29(21-19-27)38-28(2)53-43(46-38)47-42(50)39(30-12-7-5-8-13-30)54-35-17-11-16-33(26-35)44-41(49)36(45-40(48)31-14-9-6-10-15-31)25-32-24-34(51-3)22-23-37(32)52-4/h5-26,39H,1-4H3,(H,44,49)(H,45,48)(H,46,47,50)/b36-25+. The zero-order valence-corrected chi connectivity index (χ0v) is 31.7. The Morgan fingerprint density at radius 3 is 2.20 bits per heavy atom. The molecule has 0 saturated carbocycles. The van der Waals surface area contributed by atoms with Crippen molar-refractivity contribution in [3.05, 3.63) is 160 Å². The number of nitrogens with zero attached hydrogens (tertiary/aromatic N) is 1. The number of benzene rings is 5. The number of carbonyl (C=O) groups is 3. The lowest BCUT2D eigenvalue weighted by atomic mass is 10.1. The molecule has 1 heterocycles. The number of amides is 3. The lowest BCUT2D eigenvalue weighted by Crippen LogP contribution is -2.30. The summed E-state index contributed by atoms with van der Waals surface area (Å²) in [5.74, 6) is -0.216. The van der Waals surface area contributed by atoms with Crippen LogP contribution in [0.25, 0.3) is 17.3 Å². The molecule has 9 nitrogen and oxygen atoms in total. The van der Waals surface area contributed by atoms with Gasteiger partial charge in [0, 0.05) is 32.2 Å². The highest BCUT2D eigenvalue weighted by Gasteiger charge is 2.24. The maximum absolute atomic E-state index is 14.0. The lowest BCUT2D eigenvalue weighted by Gasteiger charge is -2.17. The molecule has 0 radical (unpaired) electrons. The number of aryl methyl sites for hydroxylation is 2. The molecule has 0 bridgehead atoms. The summed E-state index contributed by atoms with van der Waals surface area (Å²) in [4.78, 5) is 47.6. The summed E-state index contributed by atoms with van der Waals surface area (Å²) in [7, 11) is 3.06. The Balaban J connectivity index is 1.25. The third-order valence-corrected chi connectivity index (χ3v) is 10.4. The molecule has 11 heteroatoms. The van der Waals surface area contributed by atoms with Crippen LogP contribution >= 0.6 is 23.1 Å². The summed E-state index contributed by atoms with van der Waals surface area (Å²) in [5.41, 5.74) is 5.15. The van der Waals surface area contributed by atoms with E-state index in [1.54, 1.807) is 73.8 Å². The van der Waals surface area contributed by atoms with Crippen molar-refractivity contribution in [3.8, 4) is 22.8 Å². The predicted octanol–water partition coefficient (Wildman–Crippen LogP) is 9.33. The van der Waals surface area contributed by atoms with Gasteiger partial charge < -0.3 is 25.4 Å². The van der Waals surface area contributed by atoms with E-state index >= 15 is 0 Å². The van der Waals surface area contributed by atoms with Gasteiger partial charge in [-0.2, -0.15) is 0 Å². The average molecular weight is 755 g/mol. The van der Waals surface area contributed by atoms with E-state index in [2.05, 4.69) is 16.0 Å². The SMILES string of the molecule is COc1ccc(OC)c(/C=C(/NC(=O)c2ccccc2)C(=O)Nc2cccc(SC(C(=O)Nc3nc(-c4ccc(C)cc4)c(C)s3)c3ccccc3)c2)c1. The van der Waals surface area contributed by atoms with E-state index in [1.807, 2.05) is 74.5 Å². The number of hydrogen-bond donors (Lipinski definition) is 3. The van der Waals surface area contributed by atoms with Crippen LogP contribution in [0.5, 0.6) is 11.5 Å². The predicted molar refractivity (Wildman–Crippen MR) is 217 cm³/mol. The number of ether oxygens (including phenoxy) is 2. The molecule has 0 saturated heterocycles. The summed E-state index contributed by atoms with van der Waals surface area (Å²) in [5, 5.41) is 8.61. The quantitative estimate of drug-likeness (QED) is 0.0795. The van der Waals surface area contributed by atoms with E-state index in [-0.39, 0.29) is 11.6 Å². The first-order chi connectivity index (χ1) is 26.2. The molecule has 5 aromatic carbocycles. The van der Waals surface area contributed by atoms with Crippen LogP contribution in [0.1, 0.15) is 37.2 Å². The molecule has 6 rings (SSSR count). The van der Waals surface area contributed by atoms with Crippen LogP contribution < -0.4 is 25.4 Å². The van der Waals surface area contributed by atoms with Crippen LogP contribution in [-0.2, 0) is 9.59 Å². The van der Waals surface area contributed by atoms with Crippen LogP contribution in [0, 0.1) is 13.8 Å². The second-order valence-electron chi connectivity index (χ2n) is 12.2. The minimum Gasteiger partial charge on any atom is -0.497 e. The Morgan fingerprint density at radius 2 is 1.50 bits per heavy atom. The van der Waals surface area contributed by atoms with Gasteiger partial charge in [0.2, 0.25) is 5.91 Å². The molecule has 0 aliphatic rings. The number of hydrogen-bond acceptors (Lipinski definition) is 8. The largest absolute Gasteiger partial charge is 0.497 e. The molecule has 54 heavy (non-hydrogen) atoms. The molecule has 0 aliphatic carbocycles. The highest BCUT2D eigenvalue weighted by molar-refractivity contribution is 8.00. The molecule has 1 aromatic heterocycles. The zero-order valence-electron chi connectivity index (χ0n) is 30.1. The van der Waals surface area contributed by atoms with Crippen molar-refractivity contribution >= 4 is 57.7 Å². The van der Waals surface area contributed by atoms with Crippen molar-refractivity contribution in [2.24, 2.45) is 0 Å². The molecule has 0 spiro atoms. The summed E-state index contributed by atoms with van der Waals surface area (Å²) in [6, 6.07) is 38.7. The van der Waals surface area contributed by atoms with Gasteiger partial charge in [-0.25, -0.2) is 4.98 Å². The summed E-state index contributed by atoms with van der Waals surface area (Å²) >= 11 is 2.78. The number of nitrogens with one attached hydrogen (secondary N) is 3. The molecule has 1 atom stereocenters. The number of thiazole rings is 1.